The van der Waals surface area contributed by atoms with Crippen LogP contribution in [0, 0.1) is 6.92 Å². The van der Waals surface area contributed by atoms with E-state index in [-0.39, 0.29) is 11.0 Å². The zero-order valence-electron chi connectivity index (χ0n) is 18.7. The van der Waals surface area contributed by atoms with E-state index < -0.39 is 0 Å². The Hall–Kier alpha value is -4.31. The lowest BCUT2D eigenvalue weighted by Crippen LogP contribution is -2.34. The van der Waals surface area contributed by atoms with Gasteiger partial charge < -0.3 is 19.5 Å². The number of nitrogens with one attached hydrogen (secondary N) is 2. The largest absolute Gasteiger partial charge is 0.493 e. The van der Waals surface area contributed by atoms with Gasteiger partial charge in [0.1, 0.15) is 12.1 Å². The normalized spacial score (nSPS) is 10.4. The molecular formula is C24H21N5O4S. The van der Waals surface area contributed by atoms with Crippen LogP contribution in [0.3, 0.4) is 0 Å². The first-order valence-electron chi connectivity index (χ1n) is 10.2. The Kier molecular flexibility index (Phi) is 6.79. The van der Waals surface area contributed by atoms with Crippen LogP contribution in [0.4, 0.5) is 5.69 Å². The summed E-state index contributed by atoms with van der Waals surface area (Å²) in [5.41, 5.74) is 2.59. The quantitative estimate of drug-likeness (QED) is 0.395. The third-order valence-electron chi connectivity index (χ3n) is 4.83. The Bertz CT molecular complexity index is 1340. The monoisotopic (exact) mass is 475 g/mol. The fourth-order valence-corrected chi connectivity index (χ4v) is 3.31. The SMILES string of the molecule is COc1cc2ncnc(Oc3ccc(NC(=S)NC(=O)c4ccc(C)nc4)cc3)c2cc1OC. The van der Waals surface area contributed by atoms with Crippen molar-refractivity contribution in [1.82, 2.24) is 20.3 Å². The topological polar surface area (TPSA) is 107 Å². The van der Waals surface area contributed by atoms with E-state index in [4.69, 9.17) is 26.4 Å². The number of anilines is 1. The number of benzene rings is 2. The van der Waals surface area contributed by atoms with Crippen molar-refractivity contribution >= 4 is 39.8 Å². The summed E-state index contributed by atoms with van der Waals surface area (Å²) >= 11 is 5.24. The van der Waals surface area contributed by atoms with E-state index in [1.54, 1.807) is 62.8 Å². The van der Waals surface area contributed by atoms with Crippen molar-refractivity contribution in [3.8, 4) is 23.1 Å². The van der Waals surface area contributed by atoms with Gasteiger partial charge in [-0.1, -0.05) is 0 Å². The standard InChI is InChI=1S/C24H21N5O4S/c1-14-4-5-15(12-25-14)22(30)29-24(34)28-16-6-8-17(9-7-16)33-23-18-10-20(31-2)21(32-3)11-19(18)26-13-27-23/h4-13H,1-3H3,(H2,28,29,30,34). The number of ether oxygens (including phenoxy) is 3. The number of aryl methyl sites for hydroxylation is 1. The van der Waals surface area contributed by atoms with Crippen LogP contribution in [0.2, 0.25) is 0 Å². The van der Waals surface area contributed by atoms with Crippen LogP contribution in [0.15, 0.2) is 61.1 Å². The smallest absolute Gasteiger partial charge is 0.258 e. The van der Waals surface area contributed by atoms with Crippen molar-refractivity contribution in [1.29, 1.82) is 0 Å². The second-order valence-electron chi connectivity index (χ2n) is 7.13. The van der Waals surface area contributed by atoms with Crippen LogP contribution >= 0.6 is 12.2 Å². The molecule has 0 spiro atoms. The number of thiocarbonyl (C=S) groups is 1. The van der Waals surface area contributed by atoms with Gasteiger partial charge in [0.2, 0.25) is 5.88 Å². The third-order valence-corrected chi connectivity index (χ3v) is 5.04. The van der Waals surface area contributed by atoms with Gasteiger partial charge in [0.05, 0.1) is 30.7 Å². The first kappa shape index (κ1) is 22.9. The zero-order chi connectivity index (χ0) is 24.1. The molecule has 2 heterocycles. The fraction of sp³-hybridized carbons (Fsp3) is 0.125. The zero-order valence-corrected chi connectivity index (χ0v) is 19.5. The molecule has 2 N–H and O–H groups in total. The Morgan fingerprint density at radius 2 is 1.68 bits per heavy atom. The minimum atomic E-state index is -0.340. The molecular weight excluding hydrogens is 454 g/mol. The molecule has 172 valence electrons. The minimum Gasteiger partial charge on any atom is -0.493 e. The van der Waals surface area contributed by atoms with Gasteiger partial charge in [-0.3, -0.25) is 15.1 Å². The molecule has 34 heavy (non-hydrogen) atoms. The lowest BCUT2D eigenvalue weighted by Gasteiger charge is -2.12. The maximum atomic E-state index is 12.3. The van der Waals surface area contributed by atoms with E-state index in [9.17, 15) is 4.79 Å². The number of carbonyl (C=O) groups excluding carboxylic acids is 1. The van der Waals surface area contributed by atoms with Gasteiger partial charge in [-0.05, 0) is 61.6 Å². The summed E-state index contributed by atoms with van der Waals surface area (Å²) in [4.78, 5) is 24.9. The van der Waals surface area contributed by atoms with Crippen molar-refractivity contribution in [2.45, 2.75) is 6.92 Å². The molecule has 0 aliphatic carbocycles. The van der Waals surface area contributed by atoms with Crippen molar-refractivity contribution in [2.24, 2.45) is 0 Å². The van der Waals surface area contributed by atoms with Crippen molar-refractivity contribution in [3.63, 3.8) is 0 Å². The van der Waals surface area contributed by atoms with Crippen LogP contribution in [0.25, 0.3) is 10.9 Å². The molecule has 2 aromatic heterocycles. The van der Waals surface area contributed by atoms with Crippen LogP contribution in [0.1, 0.15) is 16.1 Å². The average Bonchev–Trinajstić information content (AvgIpc) is 2.84. The predicted octanol–water partition coefficient (Wildman–Crippen LogP) is 4.27. The van der Waals surface area contributed by atoms with Crippen LogP contribution in [-0.2, 0) is 0 Å². The van der Waals surface area contributed by atoms with Gasteiger partial charge in [0.15, 0.2) is 16.6 Å². The predicted molar refractivity (Wildman–Crippen MR) is 132 cm³/mol. The van der Waals surface area contributed by atoms with Crippen molar-refractivity contribution in [2.75, 3.05) is 19.5 Å². The van der Waals surface area contributed by atoms with Gasteiger partial charge in [-0.15, -0.1) is 0 Å². The summed E-state index contributed by atoms with van der Waals surface area (Å²) in [6.45, 7) is 1.85. The van der Waals surface area contributed by atoms with E-state index in [2.05, 4.69) is 25.6 Å². The molecule has 4 aromatic rings. The van der Waals surface area contributed by atoms with Crippen LogP contribution in [0.5, 0.6) is 23.1 Å². The first-order chi connectivity index (χ1) is 16.5. The molecule has 0 radical (unpaired) electrons. The minimum absolute atomic E-state index is 0.169. The molecule has 4 rings (SSSR count). The number of carbonyl (C=O) groups is 1. The van der Waals surface area contributed by atoms with E-state index in [1.165, 1.54) is 12.5 Å². The van der Waals surface area contributed by atoms with Gasteiger partial charge in [-0.2, -0.15) is 0 Å². The number of rotatable bonds is 6. The molecule has 0 saturated carbocycles. The Morgan fingerprint density at radius 1 is 0.941 bits per heavy atom. The molecule has 0 saturated heterocycles. The molecule has 0 unspecified atom stereocenters. The number of hydrogen-bond donors (Lipinski definition) is 2. The number of aromatic nitrogens is 3. The van der Waals surface area contributed by atoms with Crippen LogP contribution in [-0.4, -0.2) is 40.2 Å². The van der Waals surface area contributed by atoms with Gasteiger partial charge in [0, 0.05) is 23.6 Å². The maximum Gasteiger partial charge on any atom is 0.258 e. The molecule has 0 fully saturated rings. The van der Waals surface area contributed by atoms with Crippen molar-refractivity contribution < 1.29 is 19.0 Å². The second kappa shape index (κ2) is 10.1. The molecule has 0 aliphatic heterocycles. The highest BCUT2D eigenvalue weighted by molar-refractivity contribution is 7.80. The number of pyridine rings is 1. The molecule has 0 bridgehead atoms. The first-order valence-corrected chi connectivity index (χ1v) is 10.6. The van der Waals surface area contributed by atoms with Gasteiger partial charge in [0.25, 0.3) is 5.91 Å². The van der Waals surface area contributed by atoms with Crippen LogP contribution < -0.4 is 24.8 Å². The number of fused-ring (bicyclic) bond motifs is 1. The van der Waals surface area contributed by atoms with E-state index in [0.717, 1.165) is 5.69 Å². The Morgan fingerprint density at radius 3 is 2.35 bits per heavy atom. The summed E-state index contributed by atoms with van der Waals surface area (Å²) in [5.74, 6) is 1.71. The molecule has 1 amide bonds. The number of methoxy groups -OCH3 is 2. The summed E-state index contributed by atoms with van der Waals surface area (Å²) in [7, 11) is 3.12. The molecule has 0 atom stereocenters. The lowest BCUT2D eigenvalue weighted by atomic mass is 10.2. The summed E-state index contributed by atoms with van der Waals surface area (Å²) in [6, 6.07) is 14.0. The third kappa shape index (κ3) is 5.18. The molecule has 2 aromatic carbocycles. The maximum absolute atomic E-state index is 12.3. The molecule has 0 aliphatic rings. The second-order valence-corrected chi connectivity index (χ2v) is 7.53. The number of nitrogens with zero attached hydrogens (tertiary/aromatic N) is 3. The fourth-order valence-electron chi connectivity index (χ4n) is 3.10. The summed E-state index contributed by atoms with van der Waals surface area (Å²) in [6.07, 6.45) is 2.92. The van der Waals surface area contributed by atoms with E-state index in [0.29, 0.717) is 45.3 Å². The highest BCUT2D eigenvalue weighted by Crippen LogP contribution is 2.35. The average molecular weight is 476 g/mol. The molecule has 10 heteroatoms. The summed E-state index contributed by atoms with van der Waals surface area (Å²) in [5, 5.41) is 6.45. The highest BCUT2D eigenvalue weighted by atomic mass is 32.1. The van der Waals surface area contributed by atoms with E-state index >= 15 is 0 Å². The van der Waals surface area contributed by atoms with Gasteiger partial charge in [-0.25, -0.2) is 9.97 Å². The van der Waals surface area contributed by atoms with Crippen molar-refractivity contribution in [3.05, 3.63) is 72.3 Å². The Labute approximate surface area is 201 Å². The number of amides is 1. The highest BCUT2D eigenvalue weighted by Gasteiger charge is 2.13. The number of hydrogen-bond acceptors (Lipinski definition) is 8. The van der Waals surface area contributed by atoms with E-state index in [1.807, 2.05) is 6.92 Å². The van der Waals surface area contributed by atoms with Gasteiger partial charge >= 0.3 is 0 Å². The summed E-state index contributed by atoms with van der Waals surface area (Å²) < 4.78 is 16.7. The Balaban J connectivity index is 1.44. The molecule has 9 nitrogen and oxygen atoms in total. The lowest BCUT2D eigenvalue weighted by molar-refractivity contribution is 0.0977.